The normalized spacial score (nSPS) is 24.8. The summed E-state index contributed by atoms with van der Waals surface area (Å²) in [7, 11) is -3.65. The summed E-state index contributed by atoms with van der Waals surface area (Å²) >= 11 is 6.00. The fraction of sp³-hybridized carbons (Fsp3) is 0.538. The molecular formula is C13H18ClNO4S. The lowest BCUT2D eigenvalue weighted by Gasteiger charge is -2.36. The van der Waals surface area contributed by atoms with Crippen molar-refractivity contribution in [1.82, 2.24) is 4.31 Å². The van der Waals surface area contributed by atoms with Gasteiger partial charge < -0.3 is 9.84 Å². The second kappa shape index (κ2) is 5.99. The molecule has 1 aromatic rings. The summed E-state index contributed by atoms with van der Waals surface area (Å²) in [4.78, 5) is 0.204. The third-order valence-electron chi connectivity index (χ3n) is 3.46. The molecule has 1 aromatic carbocycles. The molecule has 1 saturated heterocycles. The molecule has 20 heavy (non-hydrogen) atoms. The van der Waals surface area contributed by atoms with Crippen LogP contribution in [0.5, 0.6) is 0 Å². The lowest BCUT2D eigenvalue weighted by molar-refractivity contribution is -0.0516. The van der Waals surface area contributed by atoms with Gasteiger partial charge in [0, 0.05) is 17.6 Å². The smallest absolute Gasteiger partial charge is 0.243 e. The first-order valence-electron chi connectivity index (χ1n) is 6.37. The number of rotatable bonds is 3. The summed E-state index contributed by atoms with van der Waals surface area (Å²) in [6.45, 7) is 3.68. The van der Waals surface area contributed by atoms with Gasteiger partial charge in [0.05, 0.1) is 24.2 Å². The van der Waals surface area contributed by atoms with Crippen LogP contribution < -0.4 is 0 Å². The van der Waals surface area contributed by atoms with Gasteiger partial charge in [0.2, 0.25) is 10.0 Å². The highest BCUT2D eigenvalue weighted by molar-refractivity contribution is 7.89. The number of ether oxygens (including phenoxy) is 1. The Morgan fingerprint density at radius 2 is 2.20 bits per heavy atom. The Hall–Kier alpha value is -0.660. The van der Waals surface area contributed by atoms with Crippen molar-refractivity contribution in [1.29, 1.82) is 0 Å². The van der Waals surface area contributed by atoms with E-state index in [9.17, 15) is 8.42 Å². The van der Waals surface area contributed by atoms with Crippen LogP contribution in [0.4, 0.5) is 0 Å². The Bertz CT molecular complexity index is 590. The molecule has 1 aliphatic rings. The number of nitrogens with zero attached hydrogens (tertiary/aromatic N) is 1. The number of aliphatic hydroxyl groups is 1. The van der Waals surface area contributed by atoms with Crippen LogP contribution in [0.2, 0.25) is 5.02 Å². The summed E-state index contributed by atoms with van der Waals surface area (Å²) in [5, 5.41) is 9.58. The van der Waals surface area contributed by atoms with Crippen LogP contribution in [0.3, 0.4) is 0 Å². The highest BCUT2D eigenvalue weighted by atomic mass is 35.5. The summed E-state index contributed by atoms with van der Waals surface area (Å²) < 4.78 is 32.3. The number of halogens is 1. The van der Waals surface area contributed by atoms with Gasteiger partial charge in [-0.1, -0.05) is 17.7 Å². The highest BCUT2D eigenvalue weighted by Crippen LogP contribution is 2.28. The van der Waals surface area contributed by atoms with Crippen molar-refractivity contribution in [3.05, 3.63) is 28.8 Å². The minimum atomic E-state index is -3.65. The Kier molecular flexibility index (Phi) is 4.71. The number of hydrogen-bond donors (Lipinski definition) is 1. The molecule has 0 amide bonds. The zero-order chi connectivity index (χ0) is 14.9. The molecule has 0 aromatic heterocycles. The second-order valence-corrected chi connectivity index (χ2v) is 7.19. The van der Waals surface area contributed by atoms with E-state index in [4.69, 9.17) is 21.4 Å². The average Bonchev–Trinajstić information content (AvgIpc) is 2.42. The molecule has 0 spiro atoms. The first-order valence-corrected chi connectivity index (χ1v) is 8.19. The maximum absolute atomic E-state index is 12.8. The van der Waals surface area contributed by atoms with E-state index in [1.165, 1.54) is 4.31 Å². The first kappa shape index (κ1) is 15.7. The predicted molar refractivity (Wildman–Crippen MR) is 76.4 cm³/mol. The average molecular weight is 320 g/mol. The Morgan fingerprint density at radius 3 is 2.85 bits per heavy atom. The van der Waals surface area contributed by atoms with Gasteiger partial charge in [0.15, 0.2) is 0 Å². The molecule has 112 valence electrons. The summed E-state index contributed by atoms with van der Waals surface area (Å²) in [6.07, 6.45) is -0.486. The second-order valence-electron chi connectivity index (χ2n) is 4.92. The van der Waals surface area contributed by atoms with Gasteiger partial charge in [-0.3, -0.25) is 0 Å². The zero-order valence-electron chi connectivity index (χ0n) is 11.4. The molecule has 0 bridgehead atoms. The van der Waals surface area contributed by atoms with Gasteiger partial charge in [-0.25, -0.2) is 8.42 Å². The van der Waals surface area contributed by atoms with Gasteiger partial charge in [-0.15, -0.1) is 0 Å². The lowest BCUT2D eigenvalue weighted by Crippen LogP contribution is -2.51. The first-order chi connectivity index (χ1) is 9.37. The maximum Gasteiger partial charge on any atom is 0.243 e. The molecule has 5 nitrogen and oxygen atoms in total. The number of hydrogen-bond acceptors (Lipinski definition) is 4. The fourth-order valence-corrected chi connectivity index (χ4v) is 4.36. The zero-order valence-corrected chi connectivity index (χ0v) is 13.0. The van der Waals surface area contributed by atoms with E-state index < -0.39 is 16.1 Å². The molecule has 2 rings (SSSR count). The van der Waals surface area contributed by atoms with Crippen molar-refractivity contribution in [2.45, 2.75) is 30.9 Å². The van der Waals surface area contributed by atoms with E-state index in [0.717, 1.165) is 0 Å². The minimum absolute atomic E-state index is 0.145. The SMILES string of the molecule is Cc1c(Cl)cccc1S(=O)(=O)N1CC(CO)OCC1C. The number of morpholine rings is 1. The van der Waals surface area contributed by atoms with Crippen LogP contribution in [-0.4, -0.2) is 49.7 Å². The molecule has 1 aliphatic heterocycles. The fourth-order valence-electron chi connectivity index (χ4n) is 2.23. The standard InChI is InChI=1S/C13H18ClNO4S/c1-9-8-19-11(7-16)6-15(9)20(17,18)13-5-3-4-12(14)10(13)2/h3-5,9,11,16H,6-8H2,1-2H3. The van der Waals surface area contributed by atoms with E-state index in [1.54, 1.807) is 32.0 Å². The van der Waals surface area contributed by atoms with Gasteiger partial charge in [-0.05, 0) is 31.5 Å². The van der Waals surface area contributed by atoms with Crippen molar-refractivity contribution in [3.8, 4) is 0 Å². The molecule has 0 saturated carbocycles. The lowest BCUT2D eigenvalue weighted by atomic mass is 10.2. The van der Waals surface area contributed by atoms with Crippen LogP contribution in [0, 0.1) is 6.92 Å². The van der Waals surface area contributed by atoms with E-state index in [2.05, 4.69) is 0 Å². The minimum Gasteiger partial charge on any atom is -0.394 e. The number of benzene rings is 1. The van der Waals surface area contributed by atoms with Crippen LogP contribution in [-0.2, 0) is 14.8 Å². The van der Waals surface area contributed by atoms with Crippen LogP contribution >= 0.6 is 11.6 Å². The highest BCUT2D eigenvalue weighted by Gasteiger charge is 2.36. The van der Waals surface area contributed by atoms with Gasteiger partial charge in [0.1, 0.15) is 0 Å². The summed E-state index contributed by atoms with van der Waals surface area (Å²) in [6, 6.07) is 4.56. The van der Waals surface area contributed by atoms with Crippen molar-refractivity contribution in [2.75, 3.05) is 19.8 Å². The van der Waals surface area contributed by atoms with Crippen molar-refractivity contribution < 1.29 is 18.3 Å². The van der Waals surface area contributed by atoms with E-state index >= 15 is 0 Å². The van der Waals surface area contributed by atoms with Gasteiger partial charge in [-0.2, -0.15) is 4.31 Å². The van der Waals surface area contributed by atoms with Crippen molar-refractivity contribution >= 4 is 21.6 Å². The third kappa shape index (κ3) is 2.84. The Morgan fingerprint density at radius 1 is 1.50 bits per heavy atom. The molecule has 0 aliphatic carbocycles. The van der Waals surface area contributed by atoms with Gasteiger partial charge in [0.25, 0.3) is 0 Å². The number of aliphatic hydroxyl groups excluding tert-OH is 1. The van der Waals surface area contributed by atoms with Crippen LogP contribution in [0.1, 0.15) is 12.5 Å². The summed E-state index contributed by atoms with van der Waals surface area (Å²) in [5.41, 5.74) is 0.536. The Labute approximate surface area is 124 Å². The number of sulfonamides is 1. The molecule has 7 heteroatoms. The largest absolute Gasteiger partial charge is 0.394 e. The van der Waals surface area contributed by atoms with Crippen LogP contribution in [0.15, 0.2) is 23.1 Å². The molecule has 1 heterocycles. The summed E-state index contributed by atoms with van der Waals surface area (Å²) in [5.74, 6) is 0. The molecule has 2 unspecified atom stereocenters. The third-order valence-corrected chi connectivity index (χ3v) is 5.99. The van der Waals surface area contributed by atoms with E-state index in [1.807, 2.05) is 0 Å². The molecular weight excluding hydrogens is 302 g/mol. The molecule has 1 fully saturated rings. The van der Waals surface area contributed by atoms with Crippen molar-refractivity contribution in [2.24, 2.45) is 0 Å². The quantitative estimate of drug-likeness (QED) is 0.915. The molecule has 1 N–H and O–H groups in total. The van der Waals surface area contributed by atoms with Gasteiger partial charge >= 0.3 is 0 Å². The maximum atomic E-state index is 12.8. The van der Waals surface area contributed by atoms with Crippen molar-refractivity contribution in [3.63, 3.8) is 0 Å². The topological polar surface area (TPSA) is 66.8 Å². The predicted octanol–water partition coefficient (Wildman–Crippen LogP) is 1.42. The van der Waals surface area contributed by atoms with Crippen LogP contribution in [0.25, 0.3) is 0 Å². The Balaban J connectivity index is 2.40. The molecule has 0 radical (unpaired) electrons. The molecule has 2 atom stereocenters. The van der Waals surface area contributed by atoms with E-state index in [-0.39, 0.29) is 30.7 Å². The van der Waals surface area contributed by atoms with E-state index in [0.29, 0.717) is 10.6 Å². The monoisotopic (exact) mass is 319 g/mol.